The molecule has 0 aliphatic heterocycles. The molecule has 1 aliphatic rings. The Morgan fingerprint density at radius 1 is 1.38 bits per heavy atom. The summed E-state index contributed by atoms with van der Waals surface area (Å²) in [6.45, 7) is 6.43. The molecular weight excluding hydrogens is 348 g/mol. The quantitative estimate of drug-likeness (QED) is 0.280. The minimum atomic E-state index is 0.229. The highest BCUT2D eigenvalue weighted by molar-refractivity contribution is 7.98. The van der Waals surface area contributed by atoms with Crippen LogP contribution in [0, 0.1) is 0 Å². The summed E-state index contributed by atoms with van der Waals surface area (Å²) in [4.78, 5) is 4.68. The number of nitrogens with zero attached hydrogens (tertiary/aromatic N) is 4. The molecule has 1 atom stereocenters. The molecule has 7 nitrogen and oxygen atoms in total. The van der Waals surface area contributed by atoms with E-state index in [1.54, 1.807) is 18.9 Å². The van der Waals surface area contributed by atoms with Crippen LogP contribution in [-0.4, -0.2) is 59.8 Å². The number of aliphatic imine (C=N–C) groups is 1. The Balaban J connectivity index is 1.90. The molecule has 8 heteroatoms. The Labute approximate surface area is 161 Å². The van der Waals surface area contributed by atoms with Gasteiger partial charge in [-0.3, -0.25) is 4.99 Å². The number of thioether (sulfide) groups is 1. The lowest BCUT2D eigenvalue weighted by Crippen LogP contribution is -2.44. The minimum absolute atomic E-state index is 0.229. The minimum Gasteiger partial charge on any atom is -0.383 e. The molecule has 0 spiro atoms. The van der Waals surface area contributed by atoms with Crippen molar-refractivity contribution < 1.29 is 4.74 Å². The van der Waals surface area contributed by atoms with Crippen molar-refractivity contribution in [1.82, 2.24) is 25.4 Å². The van der Waals surface area contributed by atoms with E-state index < -0.39 is 0 Å². The van der Waals surface area contributed by atoms with Crippen LogP contribution in [0.15, 0.2) is 10.1 Å². The first kappa shape index (κ1) is 21.0. The number of hydrogen-bond donors (Lipinski definition) is 2. The fourth-order valence-corrected chi connectivity index (χ4v) is 3.99. The van der Waals surface area contributed by atoms with Crippen LogP contribution in [0.1, 0.15) is 57.8 Å². The number of ether oxygens (including phenoxy) is 1. The van der Waals surface area contributed by atoms with Gasteiger partial charge in [0.2, 0.25) is 0 Å². The second-order valence-electron chi connectivity index (χ2n) is 6.78. The van der Waals surface area contributed by atoms with Crippen LogP contribution in [-0.2, 0) is 11.2 Å². The summed E-state index contributed by atoms with van der Waals surface area (Å²) in [7, 11) is 1.71. The van der Waals surface area contributed by atoms with E-state index in [1.807, 2.05) is 0 Å². The molecule has 2 rings (SSSR count). The zero-order valence-electron chi connectivity index (χ0n) is 16.6. The summed E-state index contributed by atoms with van der Waals surface area (Å²) < 4.78 is 7.56. The Bertz CT molecular complexity index is 556. The number of aromatic nitrogens is 3. The van der Waals surface area contributed by atoms with Crippen molar-refractivity contribution in [2.45, 2.75) is 69.6 Å². The number of rotatable bonds is 10. The summed E-state index contributed by atoms with van der Waals surface area (Å²) in [6, 6.07) is 0.812. The predicted molar refractivity (Wildman–Crippen MR) is 108 cm³/mol. The maximum Gasteiger partial charge on any atom is 0.191 e. The first-order valence-corrected chi connectivity index (χ1v) is 10.9. The second kappa shape index (κ2) is 11.4. The summed E-state index contributed by atoms with van der Waals surface area (Å²) in [5.74, 6) is 1.96. The molecule has 2 N–H and O–H groups in total. The number of guanidine groups is 1. The molecule has 1 saturated carbocycles. The van der Waals surface area contributed by atoms with Crippen LogP contribution in [0.2, 0.25) is 0 Å². The molecule has 0 radical (unpaired) electrons. The standard InChI is InChI=1S/C18H34N6OS/c1-5-19-17(21-14(2)13-25-3)20-12-8-11-16-22-23-18(26-4)24(16)15-9-6-7-10-15/h14-15H,5-13H2,1-4H3,(H2,19,20,21). The van der Waals surface area contributed by atoms with E-state index in [2.05, 4.69) is 50.5 Å². The van der Waals surface area contributed by atoms with Crippen LogP contribution >= 0.6 is 11.8 Å². The number of methoxy groups -OCH3 is 1. The van der Waals surface area contributed by atoms with Crippen molar-refractivity contribution in [2.24, 2.45) is 4.99 Å². The van der Waals surface area contributed by atoms with Gasteiger partial charge in [-0.25, -0.2) is 0 Å². The van der Waals surface area contributed by atoms with Crippen LogP contribution in [0.4, 0.5) is 0 Å². The van der Waals surface area contributed by atoms with E-state index in [4.69, 9.17) is 4.74 Å². The van der Waals surface area contributed by atoms with E-state index >= 15 is 0 Å². The van der Waals surface area contributed by atoms with E-state index in [0.29, 0.717) is 12.6 Å². The molecule has 0 bridgehead atoms. The van der Waals surface area contributed by atoms with Gasteiger partial charge >= 0.3 is 0 Å². The smallest absolute Gasteiger partial charge is 0.191 e. The molecule has 1 unspecified atom stereocenters. The molecule has 1 heterocycles. The first-order valence-electron chi connectivity index (χ1n) is 9.71. The largest absolute Gasteiger partial charge is 0.383 e. The SMILES string of the molecule is CCNC(=NCCCc1nnc(SC)n1C1CCCC1)NC(C)COC. The highest BCUT2D eigenvalue weighted by Gasteiger charge is 2.23. The molecule has 1 aromatic heterocycles. The van der Waals surface area contributed by atoms with Crippen molar-refractivity contribution in [3.63, 3.8) is 0 Å². The molecule has 1 aliphatic carbocycles. The second-order valence-corrected chi connectivity index (χ2v) is 7.55. The molecule has 26 heavy (non-hydrogen) atoms. The number of aryl methyl sites for hydroxylation is 1. The van der Waals surface area contributed by atoms with Gasteiger partial charge in [0.1, 0.15) is 5.82 Å². The molecule has 0 aromatic carbocycles. The van der Waals surface area contributed by atoms with Crippen molar-refractivity contribution >= 4 is 17.7 Å². The summed E-state index contributed by atoms with van der Waals surface area (Å²) in [6.07, 6.45) is 9.11. The summed E-state index contributed by atoms with van der Waals surface area (Å²) >= 11 is 1.70. The molecule has 148 valence electrons. The van der Waals surface area contributed by atoms with Crippen LogP contribution < -0.4 is 10.6 Å². The third-order valence-electron chi connectivity index (χ3n) is 4.58. The normalized spacial score (nSPS) is 16.8. The van der Waals surface area contributed by atoms with E-state index in [9.17, 15) is 0 Å². The van der Waals surface area contributed by atoms with Crippen molar-refractivity contribution in [3.8, 4) is 0 Å². The molecular formula is C18H34N6OS. The molecule has 1 aromatic rings. The maximum absolute atomic E-state index is 5.18. The third-order valence-corrected chi connectivity index (χ3v) is 5.22. The Morgan fingerprint density at radius 3 is 2.81 bits per heavy atom. The third kappa shape index (κ3) is 6.16. The monoisotopic (exact) mass is 382 g/mol. The highest BCUT2D eigenvalue weighted by atomic mass is 32.2. The van der Waals surface area contributed by atoms with Crippen LogP contribution in [0.25, 0.3) is 0 Å². The topological polar surface area (TPSA) is 76.4 Å². The zero-order valence-corrected chi connectivity index (χ0v) is 17.4. The van der Waals surface area contributed by atoms with Gasteiger partial charge in [-0.1, -0.05) is 24.6 Å². The Hall–Kier alpha value is -1.28. The van der Waals surface area contributed by atoms with Gasteiger partial charge < -0.3 is 19.9 Å². The molecule has 0 saturated heterocycles. The van der Waals surface area contributed by atoms with Crippen molar-refractivity contribution in [1.29, 1.82) is 0 Å². The number of nitrogens with one attached hydrogen (secondary N) is 2. The van der Waals surface area contributed by atoms with E-state index in [-0.39, 0.29) is 6.04 Å². The lowest BCUT2D eigenvalue weighted by molar-refractivity contribution is 0.179. The van der Waals surface area contributed by atoms with Gasteiger partial charge in [-0.05, 0) is 39.4 Å². The van der Waals surface area contributed by atoms with Crippen LogP contribution in [0.3, 0.4) is 0 Å². The van der Waals surface area contributed by atoms with Gasteiger partial charge in [0.25, 0.3) is 0 Å². The van der Waals surface area contributed by atoms with Crippen LogP contribution in [0.5, 0.6) is 0 Å². The average Bonchev–Trinajstić information content (AvgIpc) is 3.27. The molecule has 1 fully saturated rings. The lowest BCUT2D eigenvalue weighted by atomic mass is 10.2. The van der Waals surface area contributed by atoms with E-state index in [1.165, 1.54) is 25.7 Å². The fourth-order valence-electron chi connectivity index (χ4n) is 3.42. The summed E-state index contributed by atoms with van der Waals surface area (Å²) in [5.41, 5.74) is 0. The Kier molecular flexibility index (Phi) is 9.25. The van der Waals surface area contributed by atoms with Gasteiger partial charge in [0.05, 0.1) is 6.61 Å². The average molecular weight is 383 g/mol. The lowest BCUT2D eigenvalue weighted by Gasteiger charge is -2.17. The van der Waals surface area contributed by atoms with Crippen molar-refractivity contribution in [2.75, 3.05) is 33.1 Å². The number of hydrogen-bond acceptors (Lipinski definition) is 5. The predicted octanol–water partition coefficient (Wildman–Crippen LogP) is 2.64. The van der Waals surface area contributed by atoms with Gasteiger partial charge in [0.15, 0.2) is 11.1 Å². The van der Waals surface area contributed by atoms with E-state index in [0.717, 1.165) is 42.9 Å². The maximum atomic E-state index is 5.18. The fraction of sp³-hybridized carbons (Fsp3) is 0.833. The van der Waals surface area contributed by atoms with Gasteiger partial charge in [-0.15, -0.1) is 10.2 Å². The van der Waals surface area contributed by atoms with Gasteiger partial charge in [-0.2, -0.15) is 0 Å². The Morgan fingerprint density at radius 2 is 2.15 bits per heavy atom. The highest BCUT2D eigenvalue weighted by Crippen LogP contribution is 2.33. The van der Waals surface area contributed by atoms with Gasteiger partial charge in [0, 0.05) is 38.7 Å². The first-order chi connectivity index (χ1) is 12.7. The molecule has 0 amide bonds. The zero-order chi connectivity index (χ0) is 18.8. The summed E-state index contributed by atoms with van der Waals surface area (Å²) in [5, 5.41) is 16.5. The van der Waals surface area contributed by atoms with Crippen molar-refractivity contribution in [3.05, 3.63) is 5.82 Å².